The maximum atomic E-state index is 8.83. The molecule has 1 heteroatoms. The molecule has 3 rings (SSSR count). The van der Waals surface area contributed by atoms with Crippen LogP contribution in [0.25, 0.3) is 21.5 Å². The molecule has 0 saturated carbocycles. The van der Waals surface area contributed by atoms with Gasteiger partial charge in [-0.2, -0.15) is 0 Å². The number of hydrogen-bond donors (Lipinski definition) is 1. The van der Waals surface area contributed by atoms with Crippen molar-refractivity contribution in [2.45, 2.75) is 19.3 Å². The molecule has 0 spiro atoms. The second-order valence-corrected chi connectivity index (χ2v) is 5.06. The first kappa shape index (κ1) is 12.2. The molecule has 0 aromatic heterocycles. The molecule has 0 amide bonds. The second kappa shape index (κ2) is 5.41. The topological polar surface area (TPSA) is 20.2 Å². The number of benzene rings is 3. The SMILES string of the molecule is OCCCCc1ccc2cc3ccccc3cc2c1. The van der Waals surface area contributed by atoms with E-state index >= 15 is 0 Å². The summed E-state index contributed by atoms with van der Waals surface area (Å²) >= 11 is 0. The van der Waals surface area contributed by atoms with Crippen molar-refractivity contribution in [3.63, 3.8) is 0 Å². The third kappa shape index (κ3) is 2.61. The molecule has 0 unspecified atom stereocenters. The zero-order valence-corrected chi connectivity index (χ0v) is 11.0. The van der Waals surface area contributed by atoms with Gasteiger partial charge in [0.25, 0.3) is 0 Å². The Morgan fingerprint density at radius 1 is 0.684 bits per heavy atom. The van der Waals surface area contributed by atoms with Crippen LogP contribution in [0.3, 0.4) is 0 Å². The van der Waals surface area contributed by atoms with E-state index < -0.39 is 0 Å². The first-order valence-corrected chi connectivity index (χ1v) is 6.89. The van der Waals surface area contributed by atoms with E-state index in [0.717, 1.165) is 19.3 Å². The van der Waals surface area contributed by atoms with Gasteiger partial charge in [-0.1, -0.05) is 42.5 Å². The number of aliphatic hydroxyl groups excluding tert-OH is 1. The average Bonchev–Trinajstić information content (AvgIpc) is 2.45. The summed E-state index contributed by atoms with van der Waals surface area (Å²) < 4.78 is 0. The molecule has 0 aliphatic rings. The van der Waals surface area contributed by atoms with Crippen LogP contribution < -0.4 is 0 Å². The summed E-state index contributed by atoms with van der Waals surface area (Å²) in [6, 6.07) is 19.7. The van der Waals surface area contributed by atoms with Gasteiger partial charge in [-0.3, -0.25) is 0 Å². The lowest BCUT2D eigenvalue weighted by Gasteiger charge is -2.05. The van der Waals surface area contributed by atoms with Gasteiger partial charge in [0, 0.05) is 6.61 Å². The van der Waals surface area contributed by atoms with Gasteiger partial charge < -0.3 is 5.11 Å². The molecule has 19 heavy (non-hydrogen) atoms. The molecule has 1 nitrogen and oxygen atoms in total. The molecule has 0 fully saturated rings. The molecule has 0 aliphatic heterocycles. The zero-order chi connectivity index (χ0) is 13.1. The number of hydrogen-bond acceptors (Lipinski definition) is 1. The van der Waals surface area contributed by atoms with Crippen LogP contribution in [0, 0.1) is 0 Å². The third-order valence-corrected chi connectivity index (χ3v) is 3.64. The van der Waals surface area contributed by atoms with Crippen LogP contribution in [0.15, 0.2) is 54.6 Å². The van der Waals surface area contributed by atoms with Gasteiger partial charge in [-0.05, 0) is 58.5 Å². The highest BCUT2D eigenvalue weighted by molar-refractivity contribution is 5.98. The predicted molar refractivity (Wildman–Crippen MR) is 81.5 cm³/mol. The van der Waals surface area contributed by atoms with Gasteiger partial charge >= 0.3 is 0 Å². The molecule has 3 aromatic rings. The van der Waals surface area contributed by atoms with Gasteiger partial charge in [0.1, 0.15) is 0 Å². The van der Waals surface area contributed by atoms with Gasteiger partial charge in [0.2, 0.25) is 0 Å². The Balaban J connectivity index is 1.99. The molecular formula is C18H18O. The average molecular weight is 250 g/mol. The van der Waals surface area contributed by atoms with E-state index in [9.17, 15) is 0 Å². The van der Waals surface area contributed by atoms with Crippen LogP contribution in [0.5, 0.6) is 0 Å². The van der Waals surface area contributed by atoms with Crippen molar-refractivity contribution in [2.24, 2.45) is 0 Å². The van der Waals surface area contributed by atoms with Crippen molar-refractivity contribution in [3.8, 4) is 0 Å². The van der Waals surface area contributed by atoms with Crippen molar-refractivity contribution in [2.75, 3.05) is 6.61 Å². The van der Waals surface area contributed by atoms with Crippen LogP contribution in [0.4, 0.5) is 0 Å². The Morgan fingerprint density at radius 3 is 2.11 bits per heavy atom. The molecule has 0 saturated heterocycles. The number of unbranched alkanes of at least 4 members (excludes halogenated alkanes) is 1. The summed E-state index contributed by atoms with van der Waals surface area (Å²) in [5.74, 6) is 0. The largest absolute Gasteiger partial charge is 0.396 e. The van der Waals surface area contributed by atoms with E-state index in [1.807, 2.05) is 0 Å². The van der Waals surface area contributed by atoms with Crippen molar-refractivity contribution in [1.29, 1.82) is 0 Å². The van der Waals surface area contributed by atoms with Crippen molar-refractivity contribution in [3.05, 3.63) is 60.2 Å². The Labute approximate surface area is 113 Å². The summed E-state index contributed by atoms with van der Waals surface area (Å²) in [5, 5.41) is 14.0. The maximum absolute atomic E-state index is 8.83. The van der Waals surface area contributed by atoms with Gasteiger partial charge in [-0.15, -0.1) is 0 Å². The third-order valence-electron chi connectivity index (χ3n) is 3.64. The zero-order valence-electron chi connectivity index (χ0n) is 11.0. The minimum Gasteiger partial charge on any atom is -0.396 e. The first-order valence-electron chi connectivity index (χ1n) is 6.89. The number of aryl methyl sites for hydroxylation is 1. The molecule has 0 radical (unpaired) electrons. The summed E-state index contributed by atoms with van der Waals surface area (Å²) in [6.45, 7) is 0.290. The molecule has 96 valence electrons. The van der Waals surface area contributed by atoms with E-state index in [1.165, 1.54) is 27.1 Å². The minimum absolute atomic E-state index is 0.290. The van der Waals surface area contributed by atoms with E-state index in [0.29, 0.717) is 0 Å². The van der Waals surface area contributed by atoms with E-state index in [4.69, 9.17) is 5.11 Å². The normalized spacial score (nSPS) is 11.2. The van der Waals surface area contributed by atoms with Crippen LogP contribution in [-0.4, -0.2) is 11.7 Å². The Kier molecular flexibility index (Phi) is 3.47. The lowest BCUT2D eigenvalue weighted by atomic mass is 10.00. The molecule has 0 atom stereocenters. The lowest BCUT2D eigenvalue weighted by molar-refractivity contribution is 0.284. The van der Waals surface area contributed by atoms with Crippen LogP contribution in [0.1, 0.15) is 18.4 Å². The van der Waals surface area contributed by atoms with E-state index in [2.05, 4.69) is 54.6 Å². The molecule has 0 bridgehead atoms. The van der Waals surface area contributed by atoms with Gasteiger partial charge in [-0.25, -0.2) is 0 Å². The Bertz CT molecular complexity index is 700. The summed E-state index contributed by atoms with van der Waals surface area (Å²) in [4.78, 5) is 0. The van der Waals surface area contributed by atoms with Crippen LogP contribution in [-0.2, 0) is 6.42 Å². The molecule has 3 aromatic carbocycles. The monoisotopic (exact) mass is 250 g/mol. The molecule has 0 heterocycles. The van der Waals surface area contributed by atoms with E-state index in [1.54, 1.807) is 0 Å². The van der Waals surface area contributed by atoms with Crippen molar-refractivity contribution >= 4 is 21.5 Å². The minimum atomic E-state index is 0.290. The highest BCUT2D eigenvalue weighted by Gasteiger charge is 2.00. The van der Waals surface area contributed by atoms with Gasteiger partial charge in [0.15, 0.2) is 0 Å². The number of rotatable bonds is 4. The van der Waals surface area contributed by atoms with Crippen molar-refractivity contribution in [1.82, 2.24) is 0 Å². The highest BCUT2D eigenvalue weighted by atomic mass is 16.2. The summed E-state index contributed by atoms with van der Waals surface area (Å²) in [5.41, 5.74) is 1.36. The molecular weight excluding hydrogens is 232 g/mol. The van der Waals surface area contributed by atoms with Crippen LogP contribution >= 0.6 is 0 Å². The van der Waals surface area contributed by atoms with Crippen LogP contribution in [0.2, 0.25) is 0 Å². The quantitative estimate of drug-likeness (QED) is 0.540. The molecule has 1 N–H and O–H groups in total. The smallest absolute Gasteiger partial charge is 0.0431 e. The fourth-order valence-corrected chi connectivity index (χ4v) is 2.59. The predicted octanol–water partition coefficient (Wildman–Crippen LogP) is 4.31. The lowest BCUT2D eigenvalue weighted by Crippen LogP contribution is -1.88. The Hall–Kier alpha value is -1.86. The van der Waals surface area contributed by atoms with E-state index in [-0.39, 0.29) is 6.61 Å². The summed E-state index contributed by atoms with van der Waals surface area (Å²) in [6.07, 6.45) is 2.98. The summed E-state index contributed by atoms with van der Waals surface area (Å²) in [7, 11) is 0. The van der Waals surface area contributed by atoms with Gasteiger partial charge in [0.05, 0.1) is 0 Å². The highest BCUT2D eigenvalue weighted by Crippen LogP contribution is 2.24. The fourth-order valence-electron chi connectivity index (χ4n) is 2.59. The Morgan fingerprint density at radius 2 is 1.37 bits per heavy atom. The second-order valence-electron chi connectivity index (χ2n) is 5.06. The standard InChI is InChI=1S/C18H18O/c19-10-4-3-5-14-8-9-17-12-15-6-1-2-7-16(15)13-18(17)11-14/h1-2,6-9,11-13,19H,3-5,10H2. The number of aliphatic hydroxyl groups is 1. The first-order chi connectivity index (χ1) is 9.36. The fraction of sp³-hybridized carbons (Fsp3) is 0.222. The van der Waals surface area contributed by atoms with Crippen molar-refractivity contribution < 1.29 is 5.11 Å². The molecule has 0 aliphatic carbocycles. The maximum Gasteiger partial charge on any atom is 0.0431 e. The number of fused-ring (bicyclic) bond motifs is 2.